The third-order valence-electron chi connectivity index (χ3n) is 3.77. The Labute approximate surface area is 83.3 Å². The molecule has 1 N–H and O–H groups in total. The van der Waals surface area contributed by atoms with E-state index in [9.17, 15) is 9.50 Å². The lowest BCUT2D eigenvalue weighted by Crippen LogP contribution is -2.41. The second kappa shape index (κ2) is 2.26. The fourth-order valence-electron chi connectivity index (χ4n) is 2.83. The number of hydrogen-bond donors (Lipinski definition) is 1. The molecule has 2 heterocycles. The van der Waals surface area contributed by atoms with Crippen molar-refractivity contribution >= 4 is 0 Å². The molecule has 3 aliphatic rings. The summed E-state index contributed by atoms with van der Waals surface area (Å²) in [6, 6.07) is 0. The van der Waals surface area contributed by atoms with Crippen LogP contribution in [0.2, 0.25) is 0 Å². The van der Waals surface area contributed by atoms with E-state index in [0.717, 1.165) is 0 Å². The van der Waals surface area contributed by atoms with E-state index in [-0.39, 0.29) is 25.8 Å². The molecule has 0 unspecified atom stereocenters. The number of halogens is 1. The first-order valence-corrected chi connectivity index (χ1v) is 4.77. The summed E-state index contributed by atoms with van der Waals surface area (Å²) < 4.78 is 44.4. The van der Waals surface area contributed by atoms with Crippen molar-refractivity contribution in [2.45, 2.75) is 37.4 Å². The van der Waals surface area contributed by atoms with Gasteiger partial charge >= 0.3 is 0 Å². The van der Waals surface area contributed by atoms with Crippen LogP contribution in [0.5, 0.6) is 0 Å². The van der Waals surface area contributed by atoms with Crippen molar-refractivity contribution in [1.29, 1.82) is 0 Å². The second-order valence-corrected chi connectivity index (χ2v) is 4.60. The van der Waals surface area contributed by atoms with Crippen LogP contribution >= 0.6 is 0 Å². The lowest BCUT2D eigenvalue weighted by atomic mass is 9.89. The van der Waals surface area contributed by atoms with Crippen LogP contribution in [0, 0.1) is 5.41 Å². The predicted molar refractivity (Wildman–Crippen MR) is 47.2 cm³/mol. The minimum atomic E-state index is -2.48. The van der Waals surface area contributed by atoms with Crippen molar-refractivity contribution in [3.8, 4) is 0 Å². The van der Waals surface area contributed by atoms with Gasteiger partial charge in [0, 0.05) is 20.2 Å². The van der Waals surface area contributed by atoms with Crippen molar-refractivity contribution < 1.29 is 15.0 Å². The van der Waals surface area contributed by atoms with Crippen LogP contribution in [0.4, 0.5) is 4.39 Å². The number of rotatable bonds is 1. The van der Waals surface area contributed by atoms with Crippen molar-refractivity contribution in [2.24, 2.45) is 5.41 Å². The van der Waals surface area contributed by atoms with E-state index in [0.29, 0.717) is 6.42 Å². The van der Waals surface area contributed by atoms with Gasteiger partial charge in [0.1, 0.15) is 6.17 Å². The Morgan fingerprint density at radius 1 is 1.77 bits per heavy atom. The highest BCUT2D eigenvalue weighted by atomic mass is 19.1. The molecular formula is C10H16FNO. The fraction of sp³-hybridized carbons (Fsp3) is 1.00. The average Bonchev–Trinajstić information content (AvgIpc) is 2.53. The third-order valence-corrected chi connectivity index (χ3v) is 3.77. The molecule has 0 aromatic heterocycles. The van der Waals surface area contributed by atoms with Gasteiger partial charge in [-0.05, 0) is 32.2 Å². The molecule has 0 bridgehead atoms. The maximum Gasteiger partial charge on any atom is 0.108 e. The molecule has 1 aliphatic carbocycles. The van der Waals surface area contributed by atoms with Gasteiger partial charge in [-0.25, -0.2) is 4.39 Å². The summed E-state index contributed by atoms with van der Waals surface area (Å²) in [5.74, 6) is 0. The summed E-state index contributed by atoms with van der Waals surface area (Å²) in [6.07, 6.45) is 0.0720. The van der Waals surface area contributed by atoms with E-state index in [1.165, 1.54) is 4.90 Å². The highest BCUT2D eigenvalue weighted by Crippen LogP contribution is 2.61. The van der Waals surface area contributed by atoms with Crippen LogP contribution in [0.15, 0.2) is 0 Å². The van der Waals surface area contributed by atoms with Gasteiger partial charge in [0.2, 0.25) is 0 Å². The first-order chi connectivity index (χ1) is 7.63. The molecule has 74 valence electrons. The summed E-state index contributed by atoms with van der Waals surface area (Å²) in [6.45, 7) is -3.90. The third kappa shape index (κ3) is 0.895. The second-order valence-electron chi connectivity index (χ2n) is 4.60. The van der Waals surface area contributed by atoms with E-state index >= 15 is 0 Å². The number of nitrogens with zero attached hydrogens (tertiary/aromatic N) is 1. The summed E-state index contributed by atoms with van der Waals surface area (Å²) in [4.78, 5) is 1.37. The number of fused-ring (bicyclic) bond motifs is 1. The topological polar surface area (TPSA) is 23.5 Å². The molecule has 3 atom stereocenters. The van der Waals surface area contributed by atoms with Crippen LogP contribution in [0.1, 0.15) is 31.2 Å². The van der Waals surface area contributed by atoms with E-state index in [1.807, 2.05) is 0 Å². The molecule has 2 saturated heterocycles. The van der Waals surface area contributed by atoms with Gasteiger partial charge < -0.3 is 5.11 Å². The zero-order valence-corrected chi connectivity index (χ0v) is 7.39. The molecule has 3 heteroatoms. The van der Waals surface area contributed by atoms with Crippen molar-refractivity contribution in [3.05, 3.63) is 0 Å². The Bertz CT molecular complexity index is 374. The van der Waals surface area contributed by atoms with E-state index in [4.69, 9.17) is 5.48 Å². The van der Waals surface area contributed by atoms with Gasteiger partial charge in [0.15, 0.2) is 0 Å². The molecule has 3 fully saturated rings. The molecule has 2 aliphatic heterocycles. The maximum absolute atomic E-state index is 13.4. The molecule has 0 amide bonds. The Hall–Kier alpha value is -0.150. The van der Waals surface area contributed by atoms with Crippen molar-refractivity contribution in [2.75, 3.05) is 19.6 Å². The molecule has 0 radical (unpaired) electrons. The number of hydrogen-bond acceptors (Lipinski definition) is 2. The highest BCUT2D eigenvalue weighted by molar-refractivity contribution is 5.18. The highest BCUT2D eigenvalue weighted by Gasteiger charge is 2.66. The van der Waals surface area contributed by atoms with Crippen molar-refractivity contribution in [3.63, 3.8) is 0 Å². The molecular weight excluding hydrogens is 169 g/mol. The van der Waals surface area contributed by atoms with Crippen LogP contribution in [0.25, 0.3) is 0 Å². The lowest BCUT2D eigenvalue weighted by Gasteiger charge is -2.29. The van der Waals surface area contributed by atoms with Gasteiger partial charge in [-0.1, -0.05) is 0 Å². The Morgan fingerprint density at radius 3 is 3.08 bits per heavy atom. The van der Waals surface area contributed by atoms with Crippen molar-refractivity contribution in [1.82, 2.24) is 4.90 Å². The van der Waals surface area contributed by atoms with Crippen LogP contribution in [0.3, 0.4) is 0 Å². The maximum atomic E-state index is 13.4. The normalized spacial score (nSPS) is 64.0. The quantitative estimate of drug-likeness (QED) is 0.663. The zero-order chi connectivity index (χ0) is 12.7. The Balaban J connectivity index is 2.01. The molecule has 13 heavy (non-hydrogen) atoms. The standard InChI is InChI=1S/C10H16FNO/c11-8-4-9(8)5-10(7-13)2-1-3-12(10)6-9/h8,13H,1-7H2/t8-,9-,10-/m0/s1/i3D2,7D2. The number of alkyl halides is 1. The molecule has 0 aromatic carbocycles. The summed E-state index contributed by atoms with van der Waals surface area (Å²) in [5.41, 5.74) is -1.85. The smallest absolute Gasteiger partial charge is 0.108 e. The minimum absolute atomic E-state index is 0.195. The molecule has 2 nitrogen and oxygen atoms in total. The zero-order valence-electron chi connectivity index (χ0n) is 11.4. The predicted octanol–water partition coefficient (Wildman–Crippen LogP) is 0.945. The van der Waals surface area contributed by atoms with Gasteiger partial charge in [-0.2, -0.15) is 0 Å². The lowest BCUT2D eigenvalue weighted by molar-refractivity contribution is 0.0996. The largest absolute Gasteiger partial charge is 0.394 e. The van der Waals surface area contributed by atoms with Crippen LogP contribution in [-0.2, 0) is 0 Å². The summed E-state index contributed by atoms with van der Waals surface area (Å²) >= 11 is 0. The molecule has 0 aromatic rings. The first-order valence-electron chi connectivity index (χ1n) is 6.77. The van der Waals surface area contributed by atoms with Gasteiger partial charge in [0.05, 0.1) is 9.30 Å². The van der Waals surface area contributed by atoms with Crippen LogP contribution < -0.4 is 0 Å². The average molecular weight is 189 g/mol. The van der Waals surface area contributed by atoms with E-state index < -0.39 is 30.2 Å². The van der Waals surface area contributed by atoms with Gasteiger partial charge in [0.25, 0.3) is 0 Å². The molecule has 1 saturated carbocycles. The van der Waals surface area contributed by atoms with Gasteiger partial charge in [-0.15, -0.1) is 0 Å². The summed E-state index contributed by atoms with van der Waals surface area (Å²) in [5, 5.41) is 9.76. The molecule has 1 spiro atoms. The summed E-state index contributed by atoms with van der Waals surface area (Å²) in [7, 11) is 0. The monoisotopic (exact) mass is 189 g/mol. The minimum Gasteiger partial charge on any atom is -0.394 e. The number of aliphatic hydroxyl groups is 1. The van der Waals surface area contributed by atoms with E-state index in [2.05, 4.69) is 0 Å². The fourth-order valence-corrected chi connectivity index (χ4v) is 2.83. The van der Waals surface area contributed by atoms with Crippen LogP contribution in [-0.4, -0.2) is 41.3 Å². The Kier molecular flexibility index (Phi) is 0.882. The molecule has 3 rings (SSSR count). The van der Waals surface area contributed by atoms with E-state index in [1.54, 1.807) is 0 Å². The SMILES string of the molecule is [2H]C1([2H])CC[C@@]2(C([2H])([2H])O)C[C@@]3(C[C@@H]3F)CN12. The Morgan fingerprint density at radius 2 is 2.54 bits per heavy atom. The van der Waals surface area contributed by atoms with Gasteiger partial charge in [-0.3, -0.25) is 4.90 Å². The first kappa shape index (κ1) is 5.08.